The van der Waals surface area contributed by atoms with Gasteiger partial charge in [0.25, 0.3) is 0 Å². The molecule has 0 saturated carbocycles. The summed E-state index contributed by atoms with van der Waals surface area (Å²) in [5, 5.41) is 9.57. The van der Waals surface area contributed by atoms with Gasteiger partial charge in [-0.1, -0.05) is 57.0 Å². The second kappa shape index (κ2) is 9.34. The fourth-order valence-corrected chi connectivity index (χ4v) is 3.56. The van der Waals surface area contributed by atoms with Crippen molar-refractivity contribution in [2.24, 2.45) is 5.73 Å². The van der Waals surface area contributed by atoms with Gasteiger partial charge in [-0.3, -0.25) is 4.79 Å². The first-order valence-corrected chi connectivity index (χ1v) is 8.06. The Kier molecular flexibility index (Phi) is 9.02. The van der Waals surface area contributed by atoms with Crippen LogP contribution in [0.3, 0.4) is 0 Å². The van der Waals surface area contributed by atoms with Gasteiger partial charge in [-0.2, -0.15) is 0 Å². The van der Waals surface area contributed by atoms with Crippen molar-refractivity contribution in [3.8, 4) is 0 Å². The summed E-state index contributed by atoms with van der Waals surface area (Å²) in [5.41, 5.74) is 5.80. The number of hydrogen-bond acceptors (Lipinski definition) is 3. The Bertz CT molecular complexity index is 426. The number of carbonyl (C=O) groups is 1. The maximum absolute atomic E-state index is 11.5. The molecule has 0 amide bonds. The Morgan fingerprint density at radius 1 is 1.38 bits per heavy atom. The number of unbranched alkanes of at least 4 members (excludes halogenated alkanes) is 1. The number of benzene rings is 1. The monoisotopic (exact) mass is 331 g/mol. The fourth-order valence-electron chi connectivity index (χ4n) is 2.10. The molecule has 0 saturated heterocycles. The van der Waals surface area contributed by atoms with Gasteiger partial charge in [0.15, 0.2) is 0 Å². The van der Waals surface area contributed by atoms with Gasteiger partial charge in [0.2, 0.25) is 0 Å². The van der Waals surface area contributed by atoms with Gasteiger partial charge < -0.3 is 10.8 Å². The zero-order valence-corrected chi connectivity index (χ0v) is 14.5. The Morgan fingerprint density at radius 3 is 2.43 bits per heavy atom. The Balaban J connectivity index is 0.00000400. The van der Waals surface area contributed by atoms with E-state index in [1.54, 1.807) is 18.7 Å². The molecule has 0 heterocycles. The highest BCUT2D eigenvalue weighted by Gasteiger charge is 2.39. The average Bonchev–Trinajstić information content (AvgIpc) is 2.43. The van der Waals surface area contributed by atoms with E-state index >= 15 is 0 Å². The minimum Gasteiger partial charge on any atom is -0.480 e. The lowest BCUT2D eigenvalue weighted by atomic mass is 9.93. The SMILES string of the molecule is CCCCC(C)SC(c1ccccc1)C(C)(N)C(=O)O.Cl. The normalized spacial score (nSPS) is 16.4. The first-order valence-electron chi connectivity index (χ1n) is 7.12. The number of aliphatic carboxylic acids is 1. The van der Waals surface area contributed by atoms with Crippen molar-refractivity contribution in [1.29, 1.82) is 0 Å². The Morgan fingerprint density at radius 2 is 1.95 bits per heavy atom. The van der Waals surface area contributed by atoms with Gasteiger partial charge in [0, 0.05) is 5.25 Å². The van der Waals surface area contributed by atoms with Crippen LogP contribution in [-0.4, -0.2) is 21.9 Å². The molecule has 3 nitrogen and oxygen atoms in total. The fraction of sp³-hybridized carbons (Fsp3) is 0.562. The molecule has 0 aliphatic rings. The van der Waals surface area contributed by atoms with E-state index in [1.165, 1.54) is 0 Å². The maximum Gasteiger partial charge on any atom is 0.324 e. The minimum absolute atomic E-state index is 0. The minimum atomic E-state index is -1.27. The number of hydrogen-bond donors (Lipinski definition) is 2. The summed E-state index contributed by atoms with van der Waals surface area (Å²) in [6, 6.07) is 9.70. The molecule has 5 heteroatoms. The largest absolute Gasteiger partial charge is 0.480 e. The molecule has 0 spiro atoms. The second-order valence-corrected chi connectivity index (χ2v) is 7.02. The highest BCUT2D eigenvalue weighted by molar-refractivity contribution is 8.00. The lowest BCUT2D eigenvalue weighted by Crippen LogP contribution is -2.49. The van der Waals surface area contributed by atoms with Crippen LogP contribution in [0.5, 0.6) is 0 Å². The van der Waals surface area contributed by atoms with Gasteiger partial charge >= 0.3 is 5.97 Å². The Labute approximate surface area is 138 Å². The molecule has 1 aromatic carbocycles. The number of nitrogens with two attached hydrogens (primary N) is 1. The predicted molar refractivity (Wildman–Crippen MR) is 93.2 cm³/mol. The molecule has 0 fully saturated rings. The van der Waals surface area contributed by atoms with Crippen molar-refractivity contribution in [2.75, 3.05) is 0 Å². The average molecular weight is 332 g/mol. The maximum atomic E-state index is 11.5. The van der Waals surface area contributed by atoms with Crippen LogP contribution in [-0.2, 0) is 4.79 Å². The molecule has 0 radical (unpaired) electrons. The van der Waals surface area contributed by atoms with Crippen LogP contribution in [0, 0.1) is 0 Å². The van der Waals surface area contributed by atoms with E-state index in [4.69, 9.17) is 5.73 Å². The van der Waals surface area contributed by atoms with E-state index in [0.29, 0.717) is 5.25 Å². The molecule has 3 atom stereocenters. The number of carboxylic acids is 1. The van der Waals surface area contributed by atoms with E-state index in [9.17, 15) is 9.90 Å². The van der Waals surface area contributed by atoms with Crippen molar-refractivity contribution in [3.05, 3.63) is 35.9 Å². The van der Waals surface area contributed by atoms with Crippen LogP contribution in [0.15, 0.2) is 30.3 Å². The third-order valence-electron chi connectivity index (χ3n) is 3.44. The third kappa shape index (κ3) is 5.89. The van der Waals surface area contributed by atoms with Gasteiger partial charge in [0.1, 0.15) is 5.54 Å². The van der Waals surface area contributed by atoms with Crippen molar-refractivity contribution < 1.29 is 9.90 Å². The summed E-state index contributed by atoms with van der Waals surface area (Å²) >= 11 is 1.67. The first kappa shape index (κ1) is 20.3. The van der Waals surface area contributed by atoms with E-state index in [-0.39, 0.29) is 17.7 Å². The molecule has 0 aliphatic carbocycles. The third-order valence-corrected chi connectivity index (χ3v) is 5.17. The van der Waals surface area contributed by atoms with Crippen molar-refractivity contribution >= 4 is 30.1 Å². The topological polar surface area (TPSA) is 63.3 Å². The molecule has 0 aliphatic heterocycles. The quantitative estimate of drug-likeness (QED) is 0.747. The van der Waals surface area contributed by atoms with E-state index in [2.05, 4.69) is 13.8 Å². The Hall–Kier alpha value is -0.710. The molecule has 0 bridgehead atoms. The van der Waals surface area contributed by atoms with Crippen molar-refractivity contribution in [3.63, 3.8) is 0 Å². The zero-order valence-electron chi connectivity index (χ0n) is 12.9. The molecular weight excluding hydrogens is 306 g/mol. The summed E-state index contributed by atoms with van der Waals surface area (Å²) in [6.45, 7) is 5.91. The van der Waals surface area contributed by atoms with Gasteiger partial charge in [-0.05, 0) is 18.9 Å². The van der Waals surface area contributed by atoms with Crippen LogP contribution in [0.25, 0.3) is 0 Å². The standard InChI is InChI=1S/C16H25NO2S.ClH/c1-4-5-9-12(2)20-14(16(3,17)15(18)19)13-10-7-6-8-11-13;/h6-8,10-12,14H,4-5,9,17H2,1-3H3,(H,18,19);1H. The molecular formula is C16H26ClNO2S. The molecule has 1 rings (SSSR count). The summed E-state index contributed by atoms with van der Waals surface area (Å²) in [7, 11) is 0. The van der Waals surface area contributed by atoms with E-state index in [0.717, 1.165) is 24.8 Å². The van der Waals surface area contributed by atoms with Crippen molar-refractivity contribution in [1.82, 2.24) is 0 Å². The number of halogens is 1. The summed E-state index contributed by atoms with van der Waals surface area (Å²) in [4.78, 5) is 11.5. The van der Waals surface area contributed by atoms with Gasteiger partial charge in [0.05, 0.1) is 5.25 Å². The predicted octanol–water partition coefficient (Wildman–Crippen LogP) is 4.26. The lowest BCUT2D eigenvalue weighted by molar-refractivity contribution is -0.142. The van der Waals surface area contributed by atoms with Crippen LogP contribution in [0.4, 0.5) is 0 Å². The van der Waals surface area contributed by atoms with Crippen LogP contribution in [0.1, 0.15) is 50.8 Å². The summed E-state index contributed by atoms with van der Waals surface area (Å²) in [6.07, 6.45) is 3.39. The zero-order chi connectivity index (χ0) is 15.2. The number of carboxylic acid groups (broad SMARTS) is 1. The highest BCUT2D eigenvalue weighted by atomic mass is 35.5. The second-order valence-electron chi connectivity index (χ2n) is 5.47. The molecule has 1 aromatic rings. The van der Waals surface area contributed by atoms with Crippen molar-refractivity contribution in [2.45, 2.75) is 56.1 Å². The summed E-state index contributed by atoms with van der Waals surface area (Å²) in [5.74, 6) is -0.957. The molecule has 3 unspecified atom stereocenters. The smallest absolute Gasteiger partial charge is 0.324 e. The number of thioether (sulfide) groups is 1. The molecule has 21 heavy (non-hydrogen) atoms. The van der Waals surface area contributed by atoms with Gasteiger partial charge in [-0.15, -0.1) is 24.2 Å². The van der Waals surface area contributed by atoms with Crippen LogP contribution >= 0.6 is 24.2 Å². The number of rotatable bonds is 8. The molecule has 3 N–H and O–H groups in total. The van der Waals surface area contributed by atoms with Gasteiger partial charge in [-0.25, -0.2) is 0 Å². The lowest BCUT2D eigenvalue weighted by Gasteiger charge is -2.32. The van der Waals surface area contributed by atoms with Crippen LogP contribution < -0.4 is 5.73 Å². The van der Waals surface area contributed by atoms with E-state index in [1.807, 2.05) is 30.3 Å². The molecule has 0 aromatic heterocycles. The van der Waals surface area contributed by atoms with E-state index < -0.39 is 11.5 Å². The highest BCUT2D eigenvalue weighted by Crippen LogP contribution is 2.41. The summed E-state index contributed by atoms with van der Waals surface area (Å²) < 4.78 is 0. The first-order chi connectivity index (χ1) is 9.39. The molecule has 120 valence electrons. The van der Waals surface area contributed by atoms with Crippen LogP contribution in [0.2, 0.25) is 0 Å².